The Morgan fingerprint density at radius 3 is 2.38 bits per heavy atom. The number of hydrogen-bond acceptors (Lipinski definition) is 4. The molecule has 0 spiro atoms. The number of para-hydroxylation sites is 1. The highest BCUT2D eigenvalue weighted by Gasteiger charge is 2.22. The van der Waals surface area contributed by atoms with Crippen molar-refractivity contribution in [2.45, 2.75) is 39.0 Å². The van der Waals surface area contributed by atoms with Crippen LogP contribution in [0.1, 0.15) is 36.2 Å². The second-order valence-electron chi connectivity index (χ2n) is 7.53. The Morgan fingerprint density at radius 1 is 1.00 bits per heavy atom. The highest BCUT2D eigenvalue weighted by Crippen LogP contribution is 2.20. The van der Waals surface area contributed by atoms with Gasteiger partial charge in [-0.2, -0.15) is 0 Å². The Bertz CT molecular complexity index is 815. The van der Waals surface area contributed by atoms with E-state index in [9.17, 15) is 9.59 Å². The van der Waals surface area contributed by atoms with Crippen LogP contribution in [0.25, 0.3) is 0 Å². The van der Waals surface area contributed by atoms with Gasteiger partial charge in [0, 0.05) is 43.9 Å². The highest BCUT2D eigenvalue weighted by molar-refractivity contribution is 5.95. The summed E-state index contributed by atoms with van der Waals surface area (Å²) in [6.07, 6.45) is 0.626. The van der Waals surface area contributed by atoms with Crippen molar-refractivity contribution < 1.29 is 14.3 Å². The number of ether oxygens (including phenoxy) is 1. The van der Waals surface area contributed by atoms with Gasteiger partial charge in [0.25, 0.3) is 5.91 Å². The van der Waals surface area contributed by atoms with Gasteiger partial charge in [0.05, 0.1) is 12.2 Å². The summed E-state index contributed by atoms with van der Waals surface area (Å²) in [4.78, 5) is 26.8. The summed E-state index contributed by atoms with van der Waals surface area (Å²) in [6, 6.07) is 16.8. The van der Waals surface area contributed by atoms with Gasteiger partial charge < -0.3 is 15.4 Å². The molecule has 0 aliphatic carbocycles. The summed E-state index contributed by atoms with van der Waals surface area (Å²) >= 11 is 0. The van der Waals surface area contributed by atoms with Crippen LogP contribution in [-0.4, -0.2) is 48.6 Å². The summed E-state index contributed by atoms with van der Waals surface area (Å²) in [7, 11) is 0. The number of benzene rings is 2. The van der Waals surface area contributed by atoms with Crippen LogP contribution in [0.2, 0.25) is 0 Å². The van der Waals surface area contributed by atoms with E-state index in [1.54, 1.807) is 12.1 Å². The lowest BCUT2D eigenvalue weighted by molar-refractivity contribution is -0.116. The van der Waals surface area contributed by atoms with Crippen molar-refractivity contribution in [1.29, 1.82) is 0 Å². The minimum Gasteiger partial charge on any atom is -0.373 e. The van der Waals surface area contributed by atoms with E-state index < -0.39 is 0 Å². The van der Waals surface area contributed by atoms with Crippen molar-refractivity contribution in [3.05, 3.63) is 65.7 Å². The quantitative estimate of drug-likeness (QED) is 0.756. The third-order valence-corrected chi connectivity index (χ3v) is 4.85. The van der Waals surface area contributed by atoms with E-state index in [0.717, 1.165) is 30.9 Å². The largest absolute Gasteiger partial charge is 0.373 e. The first kappa shape index (κ1) is 21.0. The number of nitrogens with zero attached hydrogens (tertiary/aromatic N) is 1. The smallest absolute Gasteiger partial charge is 0.251 e. The molecule has 1 fully saturated rings. The summed E-state index contributed by atoms with van der Waals surface area (Å²) in [6.45, 7) is 6.97. The average Bonchev–Trinajstić information content (AvgIpc) is 2.69. The molecule has 0 saturated carbocycles. The molecule has 3 rings (SSSR count). The lowest BCUT2D eigenvalue weighted by Gasteiger charge is -2.35. The van der Waals surface area contributed by atoms with E-state index in [1.807, 2.05) is 42.5 Å². The van der Waals surface area contributed by atoms with Gasteiger partial charge in [-0.3, -0.25) is 14.5 Å². The van der Waals surface area contributed by atoms with Crippen LogP contribution >= 0.6 is 0 Å². The van der Waals surface area contributed by atoms with Crippen molar-refractivity contribution >= 4 is 17.5 Å². The third kappa shape index (κ3) is 6.41. The maximum absolute atomic E-state index is 12.4. The fourth-order valence-electron chi connectivity index (χ4n) is 3.63. The maximum atomic E-state index is 12.4. The fraction of sp³-hybridized carbons (Fsp3) is 0.391. The van der Waals surface area contributed by atoms with Crippen LogP contribution in [-0.2, 0) is 16.1 Å². The average molecular weight is 396 g/mol. The van der Waals surface area contributed by atoms with Crippen molar-refractivity contribution in [1.82, 2.24) is 10.2 Å². The predicted molar refractivity (Wildman–Crippen MR) is 114 cm³/mol. The Kier molecular flexibility index (Phi) is 7.38. The number of carbonyl (C=O) groups is 2. The molecule has 2 aromatic rings. The van der Waals surface area contributed by atoms with Crippen molar-refractivity contribution in [2.24, 2.45) is 0 Å². The SMILES string of the molecule is CC1CN(Cc2ccccc2NC(=O)CCNC(=O)c2ccccc2)CC(C)O1. The maximum Gasteiger partial charge on any atom is 0.251 e. The number of nitrogens with one attached hydrogen (secondary N) is 2. The van der Waals surface area contributed by atoms with Crippen LogP contribution in [0, 0.1) is 0 Å². The normalized spacial score (nSPS) is 19.5. The van der Waals surface area contributed by atoms with E-state index in [-0.39, 0.29) is 30.4 Å². The first-order valence-electron chi connectivity index (χ1n) is 10.1. The molecular weight excluding hydrogens is 366 g/mol. The van der Waals surface area contributed by atoms with E-state index in [2.05, 4.69) is 29.4 Å². The van der Waals surface area contributed by atoms with Gasteiger partial charge in [0.2, 0.25) is 5.91 Å². The van der Waals surface area contributed by atoms with E-state index in [0.29, 0.717) is 12.1 Å². The fourth-order valence-corrected chi connectivity index (χ4v) is 3.63. The van der Waals surface area contributed by atoms with Crippen molar-refractivity contribution in [3.8, 4) is 0 Å². The molecule has 0 bridgehead atoms. The molecule has 0 aromatic heterocycles. The molecule has 2 unspecified atom stereocenters. The number of carbonyl (C=O) groups excluding carboxylic acids is 2. The second kappa shape index (κ2) is 10.2. The predicted octanol–water partition coefficient (Wildman–Crippen LogP) is 3.05. The third-order valence-electron chi connectivity index (χ3n) is 4.85. The van der Waals surface area contributed by atoms with Gasteiger partial charge in [0.15, 0.2) is 0 Å². The Morgan fingerprint density at radius 2 is 1.66 bits per heavy atom. The minimum absolute atomic E-state index is 0.116. The zero-order valence-electron chi connectivity index (χ0n) is 17.1. The monoisotopic (exact) mass is 395 g/mol. The summed E-state index contributed by atoms with van der Waals surface area (Å²) in [5.74, 6) is -0.288. The minimum atomic E-state index is -0.172. The van der Waals surface area contributed by atoms with Crippen molar-refractivity contribution in [3.63, 3.8) is 0 Å². The van der Waals surface area contributed by atoms with Crippen LogP contribution < -0.4 is 10.6 Å². The van der Waals surface area contributed by atoms with E-state index in [1.165, 1.54) is 0 Å². The molecule has 0 radical (unpaired) electrons. The summed E-state index contributed by atoms with van der Waals surface area (Å²) < 4.78 is 5.80. The van der Waals surface area contributed by atoms with Gasteiger partial charge in [0.1, 0.15) is 0 Å². The first-order valence-corrected chi connectivity index (χ1v) is 10.1. The zero-order valence-corrected chi connectivity index (χ0v) is 17.1. The Balaban J connectivity index is 1.51. The Labute approximate surface area is 172 Å². The zero-order chi connectivity index (χ0) is 20.6. The van der Waals surface area contributed by atoms with Crippen LogP contribution in [0.3, 0.4) is 0 Å². The summed E-state index contributed by atoms with van der Waals surface area (Å²) in [5.41, 5.74) is 2.49. The number of rotatable bonds is 7. The molecule has 2 aromatic carbocycles. The van der Waals surface area contributed by atoms with Gasteiger partial charge in [-0.1, -0.05) is 36.4 Å². The molecule has 2 N–H and O–H groups in total. The molecule has 6 nitrogen and oxygen atoms in total. The number of hydrogen-bond donors (Lipinski definition) is 2. The lowest BCUT2D eigenvalue weighted by atomic mass is 10.1. The molecule has 2 atom stereocenters. The number of morpholine rings is 1. The molecule has 1 aliphatic rings. The summed E-state index contributed by atoms with van der Waals surface area (Å²) in [5, 5.41) is 5.77. The van der Waals surface area contributed by atoms with Crippen LogP contribution in [0.15, 0.2) is 54.6 Å². The van der Waals surface area contributed by atoms with Crippen LogP contribution in [0.5, 0.6) is 0 Å². The molecule has 1 heterocycles. The van der Waals surface area contributed by atoms with Gasteiger partial charge in [-0.15, -0.1) is 0 Å². The standard InChI is InChI=1S/C23H29N3O3/c1-17-14-26(15-18(2)29-17)16-20-10-6-7-11-21(20)25-22(27)12-13-24-23(28)19-8-4-3-5-9-19/h3-11,17-18H,12-16H2,1-2H3,(H,24,28)(H,25,27). The molecular formula is C23H29N3O3. The van der Waals surface area contributed by atoms with Gasteiger partial charge >= 0.3 is 0 Å². The van der Waals surface area contributed by atoms with Gasteiger partial charge in [-0.05, 0) is 37.6 Å². The lowest BCUT2D eigenvalue weighted by Crippen LogP contribution is -2.44. The van der Waals surface area contributed by atoms with E-state index in [4.69, 9.17) is 4.74 Å². The molecule has 29 heavy (non-hydrogen) atoms. The second-order valence-corrected chi connectivity index (χ2v) is 7.53. The van der Waals surface area contributed by atoms with Gasteiger partial charge in [-0.25, -0.2) is 0 Å². The van der Waals surface area contributed by atoms with Crippen LogP contribution in [0.4, 0.5) is 5.69 Å². The molecule has 1 saturated heterocycles. The molecule has 6 heteroatoms. The molecule has 154 valence electrons. The molecule has 1 aliphatic heterocycles. The molecule has 2 amide bonds. The first-order chi connectivity index (χ1) is 14.0. The van der Waals surface area contributed by atoms with E-state index >= 15 is 0 Å². The van der Waals surface area contributed by atoms with Crippen molar-refractivity contribution in [2.75, 3.05) is 25.0 Å². The Hall–Kier alpha value is -2.70. The highest BCUT2D eigenvalue weighted by atomic mass is 16.5. The number of amides is 2. The number of anilines is 1. The topological polar surface area (TPSA) is 70.7 Å².